The van der Waals surface area contributed by atoms with Crippen LogP contribution in [0.2, 0.25) is 0 Å². The summed E-state index contributed by atoms with van der Waals surface area (Å²) >= 11 is 5.22. The summed E-state index contributed by atoms with van der Waals surface area (Å²) in [4.78, 5) is 17.8. The van der Waals surface area contributed by atoms with E-state index in [1.165, 1.54) is 12.8 Å². The van der Waals surface area contributed by atoms with Crippen LogP contribution in [0.4, 0.5) is 0 Å². The van der Waals surface area contributed by atoms with Crippen LogP contribution in [-0.4, -0.2) is 46.0 Å². The lowest BCUT2D eigenvalue weighted by Crippen LogP contribution is -2.46. The number of aromatic amines is 1. The maximum atomic E-state index is 12.4. The largest absolute Gasteiger partial charge is 0.350 e. The standard InChI is InChI=1S/C19H26N4OS/c1-14-4-3-10-22(13-14)15(2)12-21-18(24)16-5-7-17(8-6-16)23-11-9-20-19(23)25/h5-9,11,14-15H,3-4,10,12-13H2,1-2H3,(H,20,25)(H,21,24)/t14-,15+/m0/s1. The number of benzene rings is 1. The summed E-state index contributed by atoms with van der Waals surface area (Å²) in [6.07, 6.45) is 6.24. The first-order valence-electron chi connectivity index (χ1n) is 8.93. The molecule has 2 heterocycles. The van der Waals surface area contributed by atoms with Crippen molar-refractivity contribution in [3.8, 4) is 5.69 Å². The van der Waals surface area contributed by atoms with Gasteiger partial charge in [-0.3, -0.25) is 14.3 Å². The highest BCUT2D eigenvalue weighted by Gasteiger charge is 2.21. The lowest BCUT2D eigenvalue weighted by Gasteiger charge is -2.35. The van der Waals surface area contributed by atoms with E-state index in [4.69, 9.17) is 12.2 Å². The van der Waals surface area contributed by atoms with Crippen molar-refractivity contribution in [3.63, 3.8) is 0 Å². The van der Waals surface area contributed by atoms with Crippen LogP contribution in [0.1, 0.15) is 37.0 Å². The summed E-state index contributed by atoms with van der Waals surface area (Å²) in [7, 11) is 0. The average Bonchev–Trinajstić information content (AvgIpc) is 3.05. The van der Waals surface area contributed by atoms with Gasteiger partial charge in [0.2, 0.25) is 0 Å². The Hall–Kier alpha value is -1.92. The summed E-state index contributed by atoms with van der Waals surface area (Å²) in [5.41, 5.74) is 1.61. The van der Waals surface area contributed by atoms with Gasteiger partial charge in [-0.1, -0.05) is 6.92 Å². The van der Waals surface area contributed by atoms with Crippen LogP contribution in [0.3, 0.4) is 0 Å². The van der Waals surface area contributed by atoms with Gasteiger partial charge in [0.1, 0.15) is 0 Å². The molecule has 6 heteroatoms. The van der Waals surface area contributed by atoms with E-state index in [0.717, 1.165) is 24.7 Å². The molecule has 5 nitrogen and oxygen atoms in total. The summed E-state index contributed by atoms with van der Waals surface area (Å²) in [6.45, 7) is 7.43. The highest BCUT2D eigenvalue weighted by molar-refractivity contribution is 7.71. The number of imidazole rings is 1. The van der Waals surface area contributed by atoms with Crippen molar-refractivity contribution in [3.05, 3.63) is 47.0 Å². The Kier molecular flexibility index (Phi) is 5.71. The number of amides is 1. The van der Waals surface area contributed by atoms with Crippen molar-refractivity contribution in [1.82, 2.24) is 19.8 Å². The van der Waals surface area contributed by atoms with Gasteiger partial charge in [0.15, 0.2) is 4.77 Å². The zero-order chi connectivity index (χ0) is 17.8. The van der Waals surface area contributed by atoms with Gasteiger partial charge < -0.3 is 10.3 Å². The molecule has 1 saturated heterocycles. The highest BCUT2D eigenvalue weighted by atomic mass is 32.1. The molecule has 1 fully saturated rings. The lowest BCUT2D eigenvalue weighted by molar-refractivity contribution is 0.0917. The lowest BCUT2D eigenvalue weighted by atomic mass is 9.99. The fourth-order valence-electron chi connectivity index (χ4n) is 3.39. The van der Waals surface area contributed by atoms with Gasteiger partial charge >= 0.3 is 0 Å². The Morgan fingerprint density at radius 2 is 2.16 bits per heavy atom. The fraction of sp³-hybridized carbons (Fsp3) is 0.474. The molecule has 1 aliphatic rings. The van der Waals surface area contributed by atoms with Crippen molar-refractivity contribution >= 4 is 18.1 Å². The van der Waals surface area contributed by atoms with E-state index >= 15 is 0 Å². The van der Waals surface area contributed by atoms with Gasteiger partial charge in [-0.05, 0) is 68.7 Å². The third-order valence-corrected chi connectivity index (χ3v) is 5.24. The molecule has 134 valence electrons. The minimum absolute atomic E-state index is 0.0267. The molecule has 0 saturated carbocycles. The van der Waals surface area contributed by atoms with E-state index in [9.17, 15) is 4.79 Å². The minimum Gasteiger partial charge on any atom is -0.350 e. The zero-order valence-electron chi connectivity index (χ0n) is 14.9. The number of carbonyl (C=O) groups excluding carboxylic acids is 1. The van der Waals surface area contributed by atoms with Gasteiger partial charge in [0, 0.05) is 42.8 Å². The quantitative estimate of drug-likeness (QED) is 0.806. The number of H-pyrrole nitrogens is 1. The number of hydrogen-bond acceptors (Lipinski definition) is 3. The van der Waals surface area contributed by atoms with Gasteiger partial charge in [-0.2, -0.15) is 0 Å². The van der Waals surface area contributed by atoms with E-state index in [1.54, 1.807) is 6.20 Å². The van der Waals surface area contributed by atoms with Crippen LogP contribution < -0.4 is 5.32 Å². The number of hydrogen-bond donors (Lipinski definition) is 2. The molecule has 2 atom stereocenters. The first kappa shape index (κ1) is 17.9. The minimum atomic E-state index is -0.0267. The molecule has 0 bridgehead atoms. The van der Waals surface area contributed by atoms with E-state index < -0.39 is 0 Å². The Morgan fingerprint density at radius 1 is 1.40 bits per heavy atom. The second-order valence-corrected chi connectivity index (χ2v) is 7.37. The van der Waals surface area contributed by atoms with Crippen molar-refractivity contribution in [2.45, 2.75) is 32.7 Å². The number of nitrogens with zero attached hydrogens (tertiary/aromatic N) is 2. The molecule has 25 heavy (non-hydrogen) atoms. The van der Waals surface area contributed by atoms with E-state index in [2.05, 4.69) is 29.0 Å². The number of nitrogens with one attached hydrogen (secondary N) is 2. The van der Waals surface area contributed by atoms with Crippen LogP contribution in [0.5, 0.6) is 0 Å². The van der Waals surface area contributed by atoms with E-state index in [1.807, 2.05) is 35.0 Å². The van der Waals surface area contributed by atoms with Crippen molar-refractivity contribution in [1.29, 1.82) is 0 Å². The smallest absolute Gasteiger partial charge is 0.251 e. The average molecular weight is 359 g/mol. The molecule has 1 aromatic heterocycles. The number of likely N-dealkylation sites (tertiary alicyclic amines) is 1. The monoisotopic (exact) mass is 358 g/mol. The second kappa shape index (κ2) is 7.97. The normalized spacial score (nSPS) is 19.5. The predicted octanol–water partition coefficient (Wildman–Crippen LogP) is 3.39. The fourth-order valence-corrected chi connectivity index (χ4v) is 3.63. The number of piperidine rings is 1. The third kappa shape index (κ3) is 4.38. The molecule has 2 aromatic rings. The van der Waals surface area contributed by atoms with Gasteiger partial charge in [0.25, 0.3) is 5.91 Å². The third-order valence-electron chi connectivity index (χ3n) is 4.93. The van der Waals surface area contributed by atoms with Crippen LogP contribution in [0.15, 0.2) is 36.7 Å². The molecule has 3 rings (SSSR count). The summed E-state index contributed by atoms with van der Waals surface area (Å²) in [5, 5.41) is 3.06. The summed E-state index contributed by atoms with van der Waals surface area (Å²) in [6, 6.07) is 7.87. The Morgan fingerprint density at radius 3 is 2.80 bits per heavy atom. The number of rotatable bonds is 5. The van der Waals surface area contributed by atoms with Crippen LogP contribution in [0.25, 0.3) is 5.69 Å². The molecule has 1 aliphatic heterocycles. The second-order valence-electron chi connectivity index (χ2n) is 6.98. The molecule has 0 unspecified atom stereocenters. The molecule has 1 aromatic carbocycles. The summed E-state index contributed by atoms with van der Waals surface area (Å²) in [5.74, 6) is 0.723. The van der Waals surface area contributed by atoms with Crippen LogP contribution in [0, 0.1) is 10.7 Å². The Balaban J connectivity index is 1.56. The molecule has 1 amide bonds. The highest BCUT2D eigenvalue weighted by Crippen LogP contribution is 2.17. The Labute approximate surface area is 154 Å². The maximum Gasteiger partial charge on any atom is 0.251 e. The molecule has 0 spiro atoms. The predicted molar refractivity (Wildman–Crippen MR) is 103 cm³/mol. The molecule has 2 N–H and O–H groups in total. The van der Waals surface area contributed by atoms with Crippen molar-refractivity contribution < 1.29 is 4.79 Å². The number of carbonyl (C=O) groups is 1. The number of aromatic nitrogens is 2. The van der Waals surface area contributed by atoms with Gasteiger partial charge in [0.05, 0.1) is 0 Å². The van der Waals surface area contributed by atoms with Crippen LogP contribution in [-0.2, 0) is 0 Å². The first-order valence-corrected chi connectivity index (χ1v) is 9.34. The first-order chi connectivity index (χ1) is 12.0. The van der Waals surface area contributed by atoms with Crippen molar-refractivity contribution in [2.24, 2.45) is 5.92 Å². The molecular formula is C19H26N4OS. The van der Waals surface area contributed by atoms with E-state index in [0.29, 0.717) is 22.9 Å². The topological polar surface area (TPSA) is 53.1 Å². The zero-order valence-corrected chi connectivity index (χ0v) is 15.7. The van der Waals surface area contributed by atoms with Gasteiger partial charge in [-0.25, -0.2) is 0 Å². The molecular weight excluding hydrogens is 332 g/mol. The molecule has 0 aliphatic carbocycles. The van der Waals surface area contributed by atoms with Crippen molar-refractivity contribution in [2.75, 3.05) is 19.6 Å². The summed E-state index contributed by atoms with van der Waals surface area (Å²) < 4.78 is 2.51. The maximum absolute atomic E-state index is 12.4. The Bertz CT molecular complexity index is 764. The SMILES string of the molecule is C[C@H]1CCCN([C@H](C)CNC(=O)c2ccc(-n3cc[nH]c3=S)cc2)C1. The molecule has 0 radical (unpaired) electrons. The van der Waals surface area contributed by atoms with E-state index in [-0.39, 0.29) is 5.91 Å². The van der Waals surface area contributed by atoms with Gasteiger partial charge in [-0.15, -0.1) is 0 Å². The van der Waals surface area contributed by atoms with Crippen LogP contribution >= 0.6 is 12.2 Å².